The van der Waals surface area contributed by atoms with E-state index in [9.17, 15) is 9.18 Å². The zero-order valence-electron chi connectivity index (χ0n) is 14.6. The topological polar surface area (TPSA) is 52.5 Å². The van der Waals surface area contributed by atoms with Crippen molar-refractivity contribution in [3.63, 3.8) is 0 Å². The monoisotopic (exact) mass is 412 g/mol. The number of pyridine rings is 1. The van der Waals surface area contributed by atoms with Gasteiger partial charge in [-0.25, -0.2) is 4.39 Å². The molecular weight excluding hydrogens is 391 g/mol. The molecule has 7 heteroatoms. The quantitative estimate of drug-likeness (QED) is 0.700. The number of aryl methyl sites for hydroxylation is 2. The van der Waals surface area contributed by atoms with Crippen LogP contribution >= 0.6 is 15.9 Å². The van der Waals surface area contributed by atoms with E-state index in [0.717, 1.165) is 12.0 Å². The third kappa shape index (κ3) is 3.27. The number of benzene rings is 1. The molecule has 0 aliphatic carbocycles. The van der Waals surface area contributed by atoms with Crippen LogP contribution in [0.15, 0.2) is 15.3 Å². The summed E-state index contributed by atoms with van der Waals surface area (Å²) in [5.74, 6) is 0.522. The molecule has 1 N–H and O–H groups in total. The van der Waals surface area contributed by atoms with E-state index >= 15 is 0 Å². The number of nitrogens with zero attached hydrogens (tertiary/aromatic N) is 1. The molecule has 0 amide bonds. The lowest BCUT2D eigenvalue weighted by Gasteiger charge is -2.15. The maximum Gasteiger partial charge on any atom is 0.274 e. The van der Waals surface area contributed by atoms with Gasteiger partial charge in [-0.1, -0.05) is 13.8 Å². The van der Waals surface area contributed by atoms with Crippen molar-refractivity contribution in [2.45, 2.75) is 33.2 Å². The molecule has 2 aromatic rings. The SMILES string of the molecule is COCOc1c(Br)c(F)c2cc(NCCC(C)C)c(=O)n3c2c1CC3. The summed E-state index contributed by atoms with van der Waals surface area (Å²) in [7, 11) is 1.51. The zero-order valence-corrected chi connectivity index (χ0v) is 16.2. The lowest BCUT2D eigenvalue weighted by molar-refractivity contribution is 0.0498. The number of methoxy groups -OCH3 is 1. The van der Waals surface area contributed by atoms with Crippen LogP contribution in [0.5, 0.6) is 5.75 Å². The highest BCUT2D eigenvalue weighted by atomic mass is 79.9. The second-order valence-electron chi connectivity index (χ2n) is 6.62. The van der Waals surface area contributed by atoms with E-state index < -0.39 is 5.82 Å². The van der Waals surface area contributed by atoms with E-state index in [1.807, 2.05) is 0 Å². The minimum absolute atomic E-state index is 0.0234. The summed E-state index contributed by atoms with van der Waals surface area (Å²) in [6, 6.07) is 1.61. The van der Waals surface area contributed by atoms with Crippen LogP contribution in [0.4, 0.5) is 10.1 Å². The summed E-state index contributed by atoms with van der Waals surface area (Å²) in [4.78, 5) is 12.7. The number of aromatic nitrogens is 1. The molecule has 1 aliphatic heterocycles. The molecule has 0 saturated heterocycles. The van der Waals surface area contributed by atoms with E-state index in [1.165, 1.54) is 7.11 Å². The number of rotatable bonds is 7. The Balaban J connectivity index is 2.11. The van der Waals surface area contributed by atoms with Crippen molar-refractivity contribution in [1.82, 2.24) is 4.57 Å². The van der Waals surface area contributed by atoms with Gasteiger partial charge in [-0.15, -0.1) is 0 Å². The second-order valence-corrected chi connectivity index (χ2v) is 7.42. The Morgan fingerprint density at radius 1 is 1.44 bits per heavy atom. The van der Waals surface area contributed by atoms with Crippen LogP contribution in [0, 0.1) is 11.7 Å². The first-order chi connectivity index (χ1) is 12.0. The summed E-state index contributed by atoms with van der Waals surface area (Å²) in [5.41, 5.74) is 1.78. The minimum atomic E-state index is -0.424. The molecule has 0 bridgehead atoms. The Morgan fingerprint density at radius 3 is 2.88 bits per heavy atom. The van der Waals surface area contributed by atoms with Crippen molar-refractivity contribution in [2.24, 2.45) is 5.92 Å². The van der Waals surface area contributed by atoms with Crippen LogP contribution in [-0.4, -0.2) is 25.0 Å². The molecule has 5 nitrogen and oxygen atoms in total. The average Bonchev–Trinajstić information content (AvgIpc) is 3.01. The number of ether oxygens (including phenoxy) is 2. The lowest BCUT2D eigenvalue weighted by Crippen LogP contribution is -2.23. The number of nitrogens with one attached hydrogen (secondary N) is 1. The molecule has 1 aliphatic rings. The minimum Gasteiger partial charge on any atom is -0.466 e. The van der Waals surface area contributed by atoms with Gasteiger partial charge in [0.2, 0.25) is 0 Å². The molecule has 0 fully saturated rings. The molecular formula is C18H22BrFN2O3. The Bertz CT molecular complexity index is 864. The third-order valence-corrected chi connectivity index (χ3v) is 5.13. The molecule has 0 spiro atoms. The summed E-state index contributed by atoms with van der Waals surface area (Å²) >= 11 is 3.30. The summed E-state index contributed by atoms with van der Waals surface area (Å²) in [6.07, 6.45) is 1.57. The van der Waals surface area contributed by atoms with Gasteiger partial charge in [0.25, 0.3) is 5.56 Å². The van der Waals surface area contributed by atoms with E-state index in [2.05, 4.69) is 35.1 Å². The first kappa shape index (κ1) is 18.2. The van der Waals surface area contributed by atoms with Crippen molar-refractivity contribution in [2.75, 3.05) is 25.8 Å². The molecule has 2 heterocycles. The molecule has 0 unspecified atom stereocenters. The van der Waals surface area contributed by atoms with Gasteiger partial charge in [-0.3, -0.25) is 4.79 Å². The summed E-state index contributed by atoms with van der Waals surface area (Å²) in [5, 5.41) is 3.59. The van der Waals surface area contributed by atoms with Crippen LogP contribution in [0.3, 0.4) is 0 Å². The van der Waals surface area contributed by atoms with Gasteiger partial charge in [0.05, 0.1) is 9.99 Å². The van der Waals surface area contributed by atoms with Crippen molar-refractivity contribution in [3.05, 3.63) is 32.3 Å². The smallest absolute Gasteiger partial charge is 0.274 e. The molecule has 3 rings (SSSR count). The van der Waals surface area contributed by atoms with Crippen LogP contribution in [0.1, 0.15) is 25.8 Å². The van der Waals surface area contributed by atoms with E-state index in [4.69, 9.17) is 9.47 Å². The van der Waals surface area contributed by atoms with Gasteiger partial charge in [0, 0.05) is 31.1 Å². The highest BCUT2D eigenvalue weighted by molar-refractivity contribution is 9.10. The van der Waals surface area contributed by atoms with Crippen molar-refractivity contribution in [3.8, 4) is 5.75 Å². The van der Waals surface area contributed by atoms with Gasteiger partial charge >= 0.3 is 0 Å². The normalized spacial score (nSPS) is 13.0. The number of anilines is 1. The van der Waals surface area contributed by atoms with Crippen molar-refractivity contribution < 1.29 is 13.9 Å². The maximum absolute atomic E-state index is 14.9. The fourth-order valence-electron chi connectivity index (χ4n) is 3.18. The number of hydrogen-bond donors (Lipinski definition) is 1. The fraction of sp³-hybridized carbons (Fsp3) is 0.500. The van der Waals surface area contributed by atoms with Crippen LogP contribution < -0.4 is 15.6 Å². The standard InChI is InChI=1S/C18H22BrFN2O3/c1-10(2)4-6-21-13-8-12-15(20)14(19)17(25-9-24-3)11-5-7-22(16(11)12)18(13)23/h8,10,21H,4-7,9H2,1-3H3. The molecule has 0 saturated carbocycles. The number of hydrogen-bond acceptors (Lipinski definition) is 4. The van der Waals surface area contributed by atoms with Gasteiger partial charge in [-0.2, -0.15) is 0 Å². The summed E-state index contributed by atoms with van der Waals surface area (Å²) < 4.78 is 27.3. The summed E-state index contributed by atoms with van der Waals surface area (Å²) in [6.45, 7) is 5.47. The van der Waals surface area contributed by atoms with Crippen molar-refractivity contribution >= 4 is 32.5 Å². The number of halogens is 2. The second kappa shape index (κ2) is 7.33. The van der Waals surface area contributed by atoms with Crippen LogP contribution in [-0.2, 0) is 17.7 Å². The first-order valence-corrected chi connectivity index (χ1v) is 9.18. The lowest BCUT2D eigenvalue weighted by atomic mass is 10.1. The van der Waals surface area contributed by atoms with Crippen LogP contribution in [0.2, 0.25) is 0 Å². The predicted molar refractivity (Wildman–Crippen MR) is 100 cm³/mol. The Kier molecular flexibility index (Phi) is 5.34. The molecule has 1 aromatic carbocycles. The van der Waals surface area contributed by atoms with Gasteiger partial charge in [0.15, 0.2) is 12.6 Å². The van der Waals surface area contributed by atoms with Crippen LogP contribution in [0.25, 0.3) is 10.9 Å². The average molecular weight is 413 g/mol. The van der Waals surface area contributed by atoms with E-state index in [-0.39, 0.29) is 16.8 Å². The van der Waals surface area contributed by atoms with Crippen molar-refractivity contribution in [1.29, 1.82) is 0 Å². The van der Waals surface area contributed by atoms with Gasteiger partial charge < -0.3 is 19.4 Å². The fourth-order valence-corrected chi connectivity index (χ4v) is 3.74. The Morgan fingerprint density at radius 2 is 2.20 bits per heavy atom. The molecule has 0 atom stereocenters. The molecule has 25 heavy (non-hydrogen) atoms. The molecule has 136 valence electrons. The predicted octanol–water partition coefficient (Wildman–Crippen LogP) is 3.90. The maximum atomic E-state index is 14.9. The van der Waals surface area contributed by atoms with Gasteiger partial charge in [0.1, 0.15) is 11.4 Å². The third-order valence-electron chi connectivity index (χ3n) is 4.42. The molecule has 0 radical (unpaired) electrons. The Hall–Kier alpha value is -1.60. The van der Waals surface area contributed by atoms with Gasteiger partial charge in [-0.05, 0) is 40.8 Å². The molecule has 1 aromatic heterocycles. The Labute approximate surface area is 154 Å². The zero-order chi connectivity index (χ0) is 18.1. The highest BCUT2D eigenvalue weighted by Gasteiger charge is 2.27. The van der Waals surface area contributed by atoms with E-state index in [1.54, 1.807) is 10.6 Å². The first-order valence-electron chi connectivity index (χ1n) is 8.38. The van der Waals surface area contributed by atoms with E-state index in [0.29, 0.717) is 47.8 Å². The largest absolute Gasteiger partial charge is 0.466 e. The highest BCUT2D eigenvalue weighted by Crippen LogP contribution is 2.41.